The number of nitrogens with one attached hydrogen (secondary N) is 2. The number of hydrogen-bond donors (Lipinski definition) is 2. The number of aromatic nitrogens is 3. The molecule has 6 heteroatoms. The Bertz CT molecular complexity index is 716. The van der Waals surface area contributed by atoms with Gasteiger partial charge in [-0.05, 0) is 49.9 Å². The molecule has 1 fully saturated rings. The van der Waals surface area contributed by atoms with Crippen LogP contribution in [0.3, 0.4) is 0 Å². The summed E-state index contributed by atoms with van der Waals surface area (Å²) < 4.78 is 1.71. The fourth-order valence-corrected chi connectivity index (χ4v) is 3.19. The number of ketones is 1. The Hall–Kier alpha value is -1.95. The first-order valence-corrected chi connectivity index (χ1v) is 8.86. The molecule has 0 aromatic carbocycles. The van der Waals surface area contributed by atoms with Gasteiger partial charge in [0.1, 0.15) is 11.5 Å². The van der Waals surface area contributed by atoms with E-state index in [1.54, 1.807) is 4.68 Å². The fourth-order valence-electron chi connectivity index (χ4n) is 3.19. The third-order valence-electron chi connectivity index (χ3n) is 4.58. The van der Waals surface area contributed by atoms with Crippen molar-refractivity contribution in [2.45, 2.75) is 33.1 Å². The highest BCUT2D eigenvalue weighted by atomic mass is 16.1. The van der Waals surface area contributed by atoms with Gasteiger partial charge in [-0.3, -0.25) is 4.79 Å². The summed E-state index contributed by atoms with van der Waals surface area (Å²) in [4.78, 5) is 17.3. The van der Waals surface area contributed by atoms with Crippen LogP contribution in [0.1, 0.15) is 43.6 Å². The number of rotatable bonds is 6. The van der Waals surface area contributed by atoms with Gasteiger partial charge in [0.25, 0.3) is 0 Å². The van der Waals surface area contributed by atoms with Crippen LogP contribution in [0.15, 0.2) is 12.1 Å². The van der Waals surface area contributed by atoms with E-state index in [-0.39, 0.29) is 5.78 Å². The molecular weight excluding hydrogens is 302 g/mol. The van der Waals surface area contributed by atoms with Gasteiger partial charge in [0.15, 0.2) is 11.4 Å². The number of hydrogen-bond acceptors (Lipinski definition) is 5. The summed E-state index contributed by atoms with van der Waals surface area (Å²) in [7, 11) is 1.85. The van der Waals surface area contributed by atoms with Crippen molar-refractivity contribution in [3.05, 3.63) is 17.8 Å². The first kappa shape index (κ1) is 16.9. The molecule has 0 amide bonds. The summed E-state index contributed by atoms with van der Waals surface area (Å²) in [5, 5.41) is 12.0. The van der Waals surface area contributed by atoms with Crippen LogP contribution >= 0.6 is 0 Å². The number of Topliss-reactive ketones (excluding diaryl/α,β-unsaturated/α-hetero) is 1. The second-order valence-electron chi connectivity index (χ2n) is 7.14. The maximum atomic E-state index is 12.7. The summed E-state index contributed by atoms with van der Waals surface area (Å²) in [6.45, 7) is 7.21. The van der Waals surface area contributed by atoms with Gasteiger partial charge < -0.3 is 10.6 Å². The van der Waals surface area contributed by atoms with Crippen LogP contribution in [0.4, 0.5) is 5.82 Å². The zero-order valence-corrected chi connectivity index (χ0v) is 14.8. The van der Waals surface area contributed by atoms with Gasteiger partial charge in [-0.15, -0.1) is 0 Å². The summed E-state index contributed by atoms with van der Waals surface area (Å²) in [5.74, 6) is 1.99. The lowest BCUT2D eigenvalue weighted by atomic mass is 9.91. The Labute approximate surface area is 143 Å². The predicted molar refractivity (Wildman–Crippen MR) is 96.4 cm³/mol. The molecule has 0 saturated carbocycles. The van der Waals surface area contributed by atoms with E-state index in [4.69, 9.17) is 0 Å². The Morgan fingerprint density at radius 3 is 2.83 bits per heavy atom. The van der Waals surface area contributed by atoms with Crippen molar-refractivity contribution in [2.75, 3.05) is 25.0 Å². The van der Waals surface area contributed by atoms with Crippen molar-refractivity contribution < 1.29 is 4.79 Å². The van der Waals surface area contributed by atoms with E-state index >= 15 is 0 Å². The summed E-state index contributed by atoms with van der Waals surface area (Å²) in [5.41, 5.74) is 1.33. The van der Waals surface area contributed by atoms with Crippen LogP contribution < -0.4 is 10.6 Å². The lowest BCUT2D eigenvalue weighted by molar-refractivity contribution is 0.0948. The lowest BCUT2D eigenvalue weighted by Crippen LogP contribution is -2.29. The van der Waals surface area contributed by atoms with Crippen LogP contribution in [0.25, 0.3) is 11.0 Å². The quantitative estimate of drug-likeness (QED) is 0.797. The molecule has 2 aromatic heterocycles. The molecule has 1 saturated heterocycles. The monoisotopic (exact) mass is 329 g/mol. The van der Waals surface area contributed by atoms with Gasteiger partial charge in [-0.1, -0.05) is 13.8 Å². The highest BCUT2D eigenvalue weighted by Gasteiger charge is 2.22. The van der Waals surface area contributed by atoms with Gasteiger partial charge in [0, 0.05) is 20.0 Å². The molecule has 130 valence electrons. The first-order valence-electron chi connectivity index (χ1n) is 8.86. The highest BCUT2D eigenvalue weighted by molar-refractivity contribution is 6.05. The minimum Gasteiger partial charge on any atom is -0.370 e. The standard InChI is InChI=1S/C18H27N5O/c1-12(2)11-20-16-5-4-14-17(22-23(3)18(14)21-16)15(24)10-13-6-8-19-9-7-13/h4-5,12-13,19H,6-11H2,1-3H3,(H,20,21). The second-order valence-corrected chi connectivity index (χ2v) is 7.14. The average molecular weight is 329 g/mol. The SMILES string of the molecule is CC(C)CNc1ccc2c(C(=O)CC3CCNCC3)nn(C)c2n1. The Morgan fingerprint density at radius 2 is 2.12 bits per heavy atom. The lowest BCUT2D eigenvalue weighted by Gasteiger charge is -2.21. The van der Waals surface area contributed by atoms with Crippen molar-refractivity contribution >= 4 is 22.6 Å². The normalized spacial score (nSPS) is 16.0. The van der Waals surface area contributed by atoms with E-state index in [1.165, 1.54) is 0 Å². The zero-order valence-electron chi connectivity index (χ0n) is 14.8. The molecule has 0 spiro atoms. The Balaban J connectivity index is 1.79. The number of pyridine rings is 1. The number of nitrogens with zero attached hydrogens (tertiary/aromatic N) is 3. The number of piperidine rings is 1. The summed E-state index contributed by atoms with van der Waals surface area (Å²) >= 11 is 0. The van der Waals surface area contributed by atoms with Gasteiger partial charge >= 0.3 is 0 Å². The van der Waals surface area contributed by atoms with Crippen LogP contribution in [-0.2, 0) is 7.05 Å². The Morgan fingerprint density at radius 1 is 1.38 bits per heavy atom. The number of carbonyl (C=O) groups is 1. The molecule has 2 aromatic rings. The number of anilines is 1. The minimum atomic E-state index is 0.136. The third kappa shape index (κ3) is 3.75. The molecule has 0 aliphatic carbocycles. The smallest absolute Gasteiger partial charge is 0.184 e. The molecule has 3 rings (SSSR count). The van der Waals surface area contributed by atoms with Crippen molar-refractivity contribution in [3.8, 4) is 0 Å². The van der Waals surface area contributed by atoms with Crippen molar-refractivity contribution in [1.29, 1.82) is 0 Å². The Kier molecular flexibility index (Phi) is 5.14. The minimum absolute atomic E-state index is 0.136. The number of aryl methyl sites for hydroxylation is 1. The van der Waals surface area contributed by atoms with Crippen LogP contribution in [0.2, 0.25) is 0 Å². The van der Waals surface area contributed by atoms with Crippen molar-refractivity contribution in [3.63, 3.8) is 0 Å². The maximum Gasteiger partial charge on any atom is 0.184 e. The van der Waals surface area contributed by atoms with Crippen LogP contribution in [0, 0.1) is 11.8 Å². The molecule has 0 bridgehead atoms. The zero-order chi connectivity index (χ0) is 17.1. The van der Waals surface area contributed by atoms with E-state index < -0.39 is 0 Å². The fraction of sp³-hybridized carbons (Fsp3) is 0.611. The molecular formula is C18H27N5O. The van der Waals surface area contributed by atoms with Crippen molar-refractivity contribution in [1.82, 2.24) is 20.1 Å². The van der Waals surface area contributed by atoms with E-state index in [1.807, 2.05) is 19.2 Å². The molecule has 0 radical (unpaired) electrons. The van der Waals surface area contributed by atoms with E-state index in [2.05, 4.69) is 34.6 Å². The van der Waals surface area contributed by atoms with E-state index in [0.29, 0.717) is 24.0 Å². The largest absolute Gasteiger partial charge is 0.370 e. The molecule has 0 unspecified atom stereocenters. The predicted octanol–water partition coefficient (Wildman–Crippen LogP) is 2.61. The van der Waals surface area contributed by atoms with Crippen LogP contribution in [-0.4, -0.2) is 40.2 Å². The average Bonchev–Trinajstić information content (AvgIpc) is 2.90. The van der Waals surface area contributed by atoms with Gasteiger partial charge in [-0.2, -0.15) is 5.10 Å². The first-order chi connectivity index (χ1) is 11.5. The maximum absolute atomic E-state index is 12.7. The molecule has 3 heterocycles. The van der Waals surface area contributed by atoms with E-state index in [9.17, 15) is 4.79 Å². The van der Waals surface area contributed by atoms with Gasteiger partial charge in [0.2, 0.25) is 0 Å². The molecule has 1 aliphatic rings. The molecule has 2 N–H and O–H groups in total. The summed E-state index contributed by atoms with van der Waals surface area (Å²) in [6, 6.07) is 3.90. The molecule has 1 aliphatic heterocycles. The molecule has 6 nitrogen and oxygen atoms in total. The van der Waals surface area contributed by atoms with Crippen LogP contribution in [0.5, 0.6) is 0 Å². The molecule has 24 heavy (non-hydrogen) atoms. The number of fused-ring (bicyclic) bond motifs is 1. The molecule has 0 atom stereocenters. The van der Waals surface area contributed by atoms with Gasteiger partial charge in [-0.25, -0.2) is 9.67 Å². The number of carbonyl (C=O) groups excluding carboxylic acids is 1. The summed E-state index contributed by atoms with van der Waals surface area (Å²) in [6.07, 6.45) is 2.72. The topological polar surface area (TPSA) is 71.8 Å². The third-order valence-corrected chi connectivity index (χ3v) is 4.58. The van der Waals surface area contributed by atoms with E-state index in [0.717, 1.165) is 49.3 Å². The second kappa shape index (κ2) is 7.30. The highest BCUT2D eigenvalue weighted by Crippen LogP contribution is 2.23. The van der Waals surface area contributed by atoms with Crippen molar-refractivity contribution in [2.24, 2.45) is 18.9 Å². The van der Waals surface area contributed by atoms with Gasteiger partial charge in [0.05, 0.1) is 5.39 Å².